The van der Waals surface area contributed by atoms with Gasteiger partial charge in [0.1, 0.15) is 5.82 Å². The van der Waals surface area contributed by atoms with E-state index < -0.39 is 0 Å². The van der Waals surface area contributed by atoms with Gasteiger partial charge >= 0.3 is 0 Å². The van der Waals surface area contributed by atoms with Gasteiger partial charge in [-0.25, -0.2) is 4.39 Å². The van der Waals surface area contributed by atoms with E-state index in [0.717, 1.165) is 75.8 Å². The summed E-state index contributed by atoms with van der Waals surface area (Å²) in [6, 6.07) is 14.0. The SMILES string of the molecule is CC1OC2(CCN(CCC3c4ccccc4CCN3C(=O)C3CCCC3)CC2)c2cc(F)ccc21. The number of rotatable bonds is 4. The maximum Gasteiger partial charge on any atom is 0.226 e. The van der Waals surface area contributed by atoms with E-state index in [0.29, 0.717) is 5.91 Å². The second-order valence-electron chi connectivity index (χ2n) is 11.1. The number of carbonyl (C=O) groups is 1. The molecule has 0 N–H and O–H groups in total. The van der Waals surface area contributed by atoms with Crippen LogP contribution in [0.15, 0.2) is 42.5 Å². The highest BCUT2D eigenvalue weighted by atomic mass is 19.1. The molecule has 6 rings (SSSR count). The van der Waals surface area contributed by atoms with Crippen LogP contribution in [0.2, 0.25) is 0 Å². The van der Waals surface area contributed by atoms with Gasteiger partial charge in [-0.15, -0.1) is 0 Å². The summed E-state index contributed by atoms with van der Waals surface area (Å²) in [7, 11) is 0. The van der Waals surface area contributed by atoms with E-state index in [-0.39, 0.29) is 29.5 Å². The van der Waals surface area contributed by atoms with Crippen molar-refractivity contribution >= 4 is 5.91 Å². The fourth-order valence-electron chi connectivity index (χ4n) is 7.21. The van der Waals surface area contributed by atoms with Gasteiger partial charge in [0.05, 0.1) is 17.7 Å². The lowest BCUT2D eigenvalue weighted by Crippen LogP contribution is -2.46. The lowest BCUT2D eigenvalue weighted by Gasteiger charge is -2.42. The monoisotopic (exact) mass is 476 g/mol. The van der Waals surface area contributed by atoms with Crippen molar-refractivity contribution in [3.8, 4) is 0 Å². The standard InChI is InChI=1S/C30H37FN2O2/c1-21-25-11-10-24(31)20-27(25)30(35-21)14-18-32(19-15-30)16-13-28-26-9-5-4-6-22(26)12-17-33(28)29(34)23-7-2-3-8-23/h4-6,9-11,20-21,23,28H,2-3,7-8,12-19H2,1H3. The summed E-state index contributed by atoms with van der Waals surface area (Å²) in [5.41, 5.74) is 4.59. The number of ether oxygens (including phenoxy) is 1. The molecule has 2 atom stereocenters. The van der Waals surface area contributed by atoms with Gasteiger partial charge in [0.15, 0.2) is 0 Å². The van der Waals surface area contributed by atoms with Crippen LogP contribution in [0, 0.1) is 11.7 Å². The van der Waals surface area contributed by atoms with Gasteiger partial charge < -0.3 is 14.5 Å². The van der Waals surface area contributed by atoms with Crippen molar-refractivity contribution in [3.63, 3.8) is 0 Å². The molecule has 4 aliphatic rings. The minimum absolute atomic E-state index is 0.0195. The molecule has 2 unspecified atom stereocenters. The first-order valence-electron chi connectivity index (χ1n) is 13.6. The molecule has 0 radical (unpaired) electrons. The van der Waals surface area contributed by atoms with E-state index in [2.05, 4.69) is 41.0 Å². The summed E-state index contributed by atoms with van der Waals surface area (Å²) in [5.74, 6) is 0.428. The third kappa shape index (κ3) is 4.21. The number of halogens is 1. The summed E-state index contributed by atoms with van der Waals surface area (Å²) >= 11 is 0. The molecule has 2 fully saturated rings. The molecule has 2 aromatic rings. The van der Waals surface area contributed by atoms with Crippen LogP contribution in [0.5, 0.6) is 0 Å². The van der Waals surface area contributed by atoms with Crippen molar-refractivity contribution < 1.29 is 13.9 Å². The summed E-state index contributed by atoms with van der Waals surface area (Å²) in [5, 5.41) is 0. The first-order chi connectivity index (χ1) is 17.0. The molecule has 1 amide bonds. The minimum atomic E-state index is -0.352. The third-order valence-corrected chi connectivity index (χ3v) is 9.13. The second-order valence-corrected chi connectivity index (χ2v) is 11.1. The molecule has 3 heterocycles. The molecule has 35 heavy (non-hydrogen) atoms. The highest BCUT2D eigenvalue weighted by Gasteiger charge is 2.45. The summed E-state index contributed by atoms with van der Waals surface area (Å²) in [4.78, 5) is 18.2. The topological polar surface area (TPSA) is 32.8 Å². The molecule has 2 aromatic carbocycles. The normalized spacial score (nSPS) is 26.2. The Bertz CT molecular complexity index is 1090. The third-order valence-electron chi connectivity index (χ3n) is 9.13. The highest BCUT2D eigenvalue weighted by Crippen LogP contribution is 2.49. The van der Waals surface area contributed by atoms with Gasteiger partial charge in [-0.05, 0) is 79.8 Å². The molecule has 1 saturated heterocycles. The molecular formula is C30H37FN2O2. The maximum atomic E-state index is 14.1. The number of benzene rings is 2. The molecule has 1 saturated carbocycles. The van der Waals surface area contributed by atoms with Crippen LogP contribution in [0.1, 0.15) is 86.3 Å². The Hall–Kier alpha value is -2.24. The quantitative estimate of drug-likeness (QED) is 0.550. The molecule has 0 bridgehead atoms. The fraction of sp³-hybridized carbons (Fsp3) is 0.567. The zero-order valence-corrected chi connectivity index (χ0v) is 20.8. The van der Waals surface area contributed by atoms with Gasteiger partial charge in [0, 0.05) is 32.1 Å². The van der Waals surface area contributed by atoms with E-state index in [9.17, 15) is 9.18 Å². The lowest BCUT2D eigenvalue weighted by molar-refractivity contribution is -0.138. The van der Waals surface area contributed by atoms with Crippen molar-refractivity contribution in [2.24, 2.45) is 5.92 Å². The van der Waals surface area contributed by atoms with E-state index in [1.165, 1.54) is 24.0 Å². The minimum Gasteiger partial charge on any atom is -0.363 e. The van der Waals surface area contributed by atoms with Crippen molar-refractivity contribution in [2.45, 2.75) is 76.0 Å². The van der Waals surface area contributed by atoms with Crippen molar-refractivity contribution in [1.29, 1.82) is 0 Å². The van der Waals surface area contributed by atoms with Crippen LogP contribution in [0.25, 0.3) is 0 Å². The van der Waals surface area contributed by atoms with Crippen LogP contribution in [-0.4, -0.2) is 41.9 Å². The Kier molecular flexibility index (Phi) is 6.18. The Morgan fingerprint density at radius 1 is 1.06 bits per heavy atom. The Morgan fingerprint density at radius 3 is 2.63 bits per heavy atom. The fourth-order valence-corrected chi connectivity index (χ4v) is 7.21. The molecule has 186 valence electrons. The number of hydrogen-bond acceptors (Lipinski definition) is 3. The molecule has 1 spiro atoms. The zero-order valence-electron chi connectivity index (χ0n) is 20.8. The second kappa shape index (κ2) is 9.33. The number of carbonyl (C=O) groups excluding carboxylic acids is 1. The maximum absolute atomic E-state index is 14.1. The molecule has 5 heteroatoms. The van der Waals surface area contributed by atoms with Gasteiger partial charge in [-0.3, -0.25) is 4.79 Å². The Labute approximate surface area is 208 Å². The van der Waals surface area contributed by atoms with E-state index in [1.807, 2.05) is 6.07 Å². The number of nitrogens with zero attached hydrogens (tertiary/aromatic N) is 2. The van der Waals surface area contributed by atoms with Crippen molar-refractivity contribution in [1.82, 2.24) is 9.80 Å². The predicted molar refractivity (Wildman–Crippen MR) is 134 cm³/mol. The Morgan fingerprint density at radius 2 is 1.83 bits per heavy atom. The number of piperidine rings is 1. The summed E-state index contributed by atoms with van der Waals surface area (Å²) in [6.45, 7) is 5.76. The number of hydrogen-bond donors (Lipinski definition) is 0. The van der Waals surface area contributed by atoms with Crippen LogP contribution in [0.4, 0.5) is 4.39 Å². The van der Waals surface area contributed by atoms with Crippen LogP contribution in [0.3, 0.4) is 0 Å². The molecule has 0 aromatic heterocycles. The molecule has 4 nitrogen and oxygen atoms in total. The largest absolute Gasteiger partial charge is 0.363 e. The number of likely N-dealkylation sites (tertiary alicyclic amines) is 1. The average molecular weight is 477 g/mol. The summed E-state index contributed by atoms with van der Waals surface area (Å²) in [6.07, 6.45) is 8.21. The van der Waals surface area contributed by atoms with Crippen molar-refractivity contribution in [3.05, 3.63) is 70.5 Å². The molecule has 3 aliphatic heterocycles. The van der Waals surface area contributed by atoms with Gasteiger partial charge in [0.25, 0.3) is 0 Å². The lowest BCUT2D eigenvalue weighted by atomic mass is 9.83. The molecule has 1 aliphatic carbocycles. The smallest absolute Gasteiger partial charge is 0.226 e. The van der Waals surface area contributed by atoms with Gasteiger partial charge in [-0.2, -0.15) is 0 Å². The van der Waals surface area contributed by atoms with Crippen LogP contribution < -0.4 is 0 Å². The Balaban J connectivity index is 1.15. The van der Waals surface area contributed by atoms with E-state index in [4.69, 9.17) is 4.74 Å². The zero-order chi connectivity index (χ0) is 24.0. The van der Waals surface area contributed by atoms with Crippen LogP contribution in [-0.2, 0) is 21.6 Å². The predicted octanol–water partition coefficient (Wildman–Crippen LogP) is 5.91. The van der Waals surface area contributed by atoms with Crippen molar-refractivity contribution in [2.75, 3.05) is 26.2 Å². The van der Waals surface area contributed by atoms with Gasteiger partial charge in [-0.1, -0.05) is 43.2 Å². The van der Waals surface area contributed by atoms with E-state index in [1.54, 1.807) is 12.1 Å². The average Bonchev–Trinajstić information content (AvgIpc) is 3.50. The van der Waals surface area contributed by atoms with Gasteiger partial charge in [0.2, 0.25) is 5.91 Å². The first-order valence-corrected chi connectivity index (χ1v) is 13.6. The number of amides is 1. The van der Waals surface area contributed by atoms with E-state index >= 15 is 0 Å². The van der Waals surface area contributed by atoms with Crippen LogP contribution >= 0.6 is 0 Å². The number of fused-ring (bicyclic) bond motifs is 3. The highest BCUT2D eigenvalue weighted by molar-refractivity contribution is 5.80. The summed E-state index contributed by atoms with van der Waals surface area (Å²) < 4.78 is 20.5. The first kappa shape index (κ1) is 23.2. The molecular weight excluding hydrogens is 439 g/mol.